The molecule has 2 aromatic carbocycles. The van der Waals surface area contributed by atoms with Crippen LogP contribution in [0.15, 0.2) is 70.4 Å². The fourth-order valence-corrected chi connectivity index (χ4v) is 3.75. The first-order valence-corrected chi connectivity index (χ1v) is 9.62. The Morgan fingerprint density at radius 1 is 1.07 bits per heavy atom. The number of aromatic nitrogens is 3. The lowest BCUT2D eigenvalue weighted by Gasteiger charge is -2.06. The minimum absolute atomic E-state index is 0.581. The summed E-state index contributed by atoms with van der Waals surface area (Å²) in [6, 6.07) is 19.8. The molecular weight excluding hydrogens is 370 g/mol. The van der Waals surface area contributed by atoms with Crippen LogP contribution in [0.4, 0.5) is 0 Å². The summed E-state index contributed by atoms with van der Waals surface area (Å²) in [6.07, 6.45) is 1.61. The maximum Gasteiger partial charge on any atom is 0.210 e. The maximum absolute atomic E-state index is 9.27. The van der Waals surface area contributed by atoms with E-state index in [4.69, 9.17) is 10.3 Å². The van der Waals surface area contributed by atoms with Gasteiger partial charge >= 0.3 is 0 Å². The lowest BCUT2D eigenvalue weighted by Crippen LogP contribution is -2.11. The van der Waals surface area contributed by atoms with Gasteiger partial charge in [-0.15, -0.1) is 10.2 Å². The molecule has 0 amide bonds. The van der Waals surface area contributed by atoms with E-state index in [-0.39, 0.29) is 0 Å². The van der Waals surface area contributed by atoms with Crippen molar-refractivity contribution < 1.29 is 4.42 Å². The van der Waals surface area contributed by atoms with Gasteiger partial charge in [0.15, 0.2) is 5.82 Å². The van der Waals surface area contributed by atoms with Gasteiger partial charge in [-0.2, -0.15) is 5.26 Å². The first kappa shape index (κ1) is 17.9. The number of hydrogen-bond donors (Lipinski definition) is 1. The number of nitriles is 1. The van der Waals surface area contributed by atoms with Crippen molar-refractivity contribution >= 4 is 11.8 Å². The number of nitrogens with zero attached hydrogens (tertiary/aromatic N) is 4. The highest BCUT2D eigenvalue weighted by molar-refractivity contribution is 7.98. The van der Waals surface area contributed by atoms with Gasteiger partial charge in [0.2, 0.25) is 5.16 Å². The molecule has 0 atom stereocenters. The molecule has 28 heavy (non-hydrogen) atoms. The molecule has 0 radical (unpaired) electrons. The largest absolute Gasteiger partial charge is 0.469 e. The third kappa shape index (κ3) is 3.38. The average Bonchev–Trinajstić information content (AvgIpc) is 3.31. The average molecular weight is 387 g/mol. The summed E-state index contributed by atoms with van der Waals surface area (Å²) in [6.45, 7) is 1.86. The highest BCUT2D eigenvalue weighted by Crippen LogP contribution is 2.28. The monoisotopic (exact) mass is 387 g/mol. The summed E-state index contributed by atoms with van der Waals surface area (Å²) in [7, 11) is 0. The summed E-state index contributed by atoms with van der Waals surface area (Å²) in [5.74, 6) is 8.20. The van der Waals surface area contributed by atoms with Crippen molar-refractivity contribution in [3.05, 3.63) is 77.7 Å². The van der Waals surface area contributed by atoms with Crippen molar-refractivity contribution in [2.24, 2.45) is 0 Å². The molecule has 0 aliphatic heterocycles. The van der Waals surface area contributed by atoms with E-state index in [1.807, 2.05) is 49.4 Å². The van der Waals surface area contributed by atoms with E-state index in [1.54, 1.807) is 6.26 Å². The fourth-order valence-electron chi connectivity index (χ4n) is 2.94. The van der Waals surface area contributed by atoms with Crippen LogP contribution in [0.1, 0.15) is 16.9 Å². The van der Waals surface area contributed by atoms with Crippen molar-refractivity contribution in [3.8, 4) is 28.6 Å². The first-order valence-electron chi connectivity index (χ1n) is 8.63. The summed E-state index contributed by atoms with van der Waals surface area (Å²) < 4.78 is 6.80. The van der Waals surface area contributed by atoms with Crippen LogP contribution in [-0.2, 0) is 5.75 Å². The van der Waals surface area contributed by atoms with Gasteiger partial charge in [-0.1, -0.05) is 54.2 Å². The molecule has 2 N–H and O–H groups in total. The van der Waals surface area contributed by atoms with Gasteiger partial charge in [0.25, 0.3) is 0 Å². The second-order valence-corrected chi connectivity index (χ2v) is 7.15. The number of rotatable bonds is 5. The molecule has 0 fully saturated rings. The molecule has 6 nitrogen and oxygen atoms in total. The van der Waals surface area contributed by atoms with Crippen molar-refractivity contribution in [2.45, 2.75) is 17.8 Å². The van der Waals surface area contributed by atoms with Gasteiger partial charge in [-0.25, -0.2) is 4.68 Å². The highest BCUT2D eigenvalue weighted by atomic mass is 32.2. The molecule has 2 heterocycles. The Morgan fingerprint density at radius 2 is 1.86 bits per heavy atom. The van der Waals surface area contributed by atoms with Crippen LogP contribution in [0, 0.1) is 18.3 Å². The third-order valence-corrected chi connectivity index (χ3v) is 5.46. The molecule has 138 valence electrons. The van der Waals surface area contributed by atoms with E-state index < -0.39 is 0 Å². The summed E-state index contributed by atoms with van der Waals surface area (Å²) in [4.78, 5) is 0. The van der Waals surface area contributed by atoms with Crippen LogP contribution in [0.2, 0.25) is 0 Å². The molecule has 0 bridgehead atoms. The minimum atomic E-state index is 0.581. The zero-order valence-corrected chi connectivity index (χ0v) is 16.0. The molecule has 2 aromatic heterocycles. The minimum Gasteiger partial charge on any atom is -0.469 e. The van der Waals surface area contributed by atoms with Gasteiger partial charge < -0.3 is 10.3 Å². The standard InChI is InChI=1S/C21H17N5OS/c1-14-18(10-11-27-14)20-24-25-21(26(20)23)28-13-15-6-8-16(9-7-15)19-5-3-2-4-17(19)12-22/h2-11H,13,23H2,1H3. The Hall–Kier alpha value is -3.50. The predicted octanol–water partition coefficient (Wildman–Crippen LogP) is 4.39. The molecule has 4 rings (SSSR count). The second kappa shape index (κ2) is 7.62. The molecular formula is C21H17N5OS. The second-order valence-electron chi connectivity index (χ2n) is 6.21. The van der Waals surface area contributed by atoms with E-state index in [9.17, 15) is 5.26 Å². The van der Waals surface area contributed by atoms with E-state index in [1.165, 1.54) is 16.4 Å². The van der Waals surface area contributed by atoms with Crippen LogP contribution in [-0.4, -0.2) is 14.9 Å². The van der Waals surface area contributed by atoms with Crippen LogP contribution < -0.4 is 5.84 Å². The molecule has 0 spiro atoms. The Balaban J connectivity index is 1.49. The SMILES string of the molecule is Cc1occc1-c1nnc(SCc2ccc(-c3ccccc3C#N)cc2)n1N. The van der Waals surface area contributed by atoms with Crippen LogP contribution in [0.3, 0.4) is 0 Å². The molecule has 0 aliphatic rings. The van der Waals surface area contributed by atoms with Crippen molar-refractivity contribution in [2.75, 3.05) is 5.84 Å². The van der Waals surface area contributed by atoms with Gasteiger partial charge in [0.05, 0.1) is 23.5 Å². The first-order chi connectivity index (χ1) is 13.7. The van der Waals surface area contributed by atoms with Gasteiger partial charge in [0, 0.05) is 5.75 Å². The third-order valence-electron chi connectivity index (χ3n) is 4.44. The molecule has 7 heteroatoms. The van der Waals surface area contributed by atoms with Gasteiger partial charge in [-0.05, 0) is 35.7 Å². The van der Waals surface area contributed by atoms with Crippen molar-refractivity contribution in [1.29, 1.82) is 5.26 Å². The number of nitrogen functional groups attached to an aromatic ring is 1. The number of furan rings is 1. The number of thioether (sulfide) groups is 1. The zero-order chi connectivity index (χ0) is 19.5. The number of benzene rings is 2. The van der Waals surface area contributed by atoms with E-state index in [2.05, 4.69) is 28.4 Å². The smallest absolute Gasteiger partial charge is 0.210 e. The predicted molar refractivity (Wildman–Crippen MR) is 109 cm³/mol. The maximum atomic E-state index is 9.27. The summed E-state index contributed by atoms with van der Waals surface area (Å²) in [5, 5.41) is 18.3. The molecule has 0 saturated carbocycles. The normalized spacial score (nSPS) is 10.7. The topological polar surface area (TPSA) is 93.7 Å². The highest BCUT2D eigenvalue weighted by Gasteiger charge is 2.15. The number of nitrogens with two attached hydrogens (primary N) is 1. The lowest BCUT2D eigenvalue weighted by atomic mass is 10.00. The Kier molecular flexibility index (Phi) is 4.87. The number of hydrogen-bond acceptors (Lipinski definition) is 6. The lowest BCUT2D eigenvalue weighted by molar-refractivity contribution is 0.535. The Morgan fingerprint density at radius 3 is 2.57 bits per heavy atom. The summed E-state index contributed by atoms with van der Waals surface area (Å²) >= 11 is 1.51. The molecule has 4 aromatic rings. The quantitative estimate of drug-likeness (QED) is 0.403. The van der Waals surface area contributed by atoms with Crippen LogP contribution in [0.5, 0.6) is 0 Å². The number of aryl methyl sites for hydroxylation is 1. The van der Waals surface area contributed by atoms with E-state index in [0.717, 1.165) is 28.0 Å². The molecule has 0 aliphatic carbocycles. The molecule has 0 unspecified atom stereocenters. The van der Waals surface area contributed by atoms with Gasteiger partial charge in [0.1, 0.15) is 5.76 Å². The van der Waals surface area contributed by atoms with E-state index >= 15 is 0 Å². The van der Waals surface area contributed by atoms with Crippen molar-refractivity contribution in [3.63, 3.8) is 0 Å². The zero-order valence-electron chi connectivity index (χ0n) is 15.2. The summed E-state index contributed by atoms with van der Waals surface area (Å²) in [5.41, 5.74) is 4.59. The Labute approximate surface area is 166 Å². The van der Waals surface area contributed by atoms with Crippen molar-refractivity contribution in [1.82, 2.24) is 14.9 Å². The Bertz CT molecular complexity index is 1150. The molecule has 0 saturated heterocycles. The van der Waals surface area contributed by atoms with Crippen LogP contribution >= 0.6 is 11.8 Å². The van der Waals surface area contributed by atoms with Gasteiger partial charge in [-0.3, -0.25) is 0 Å². The van der Waals surface area contributed by atoms with E-state index in [0.29, 0.717) is 22.3 Å². The fraction of sp³-hybridized carbons (Fsp3) is 0.0952. The van der Waals surface area contributed by atoms with Crippen LogP contribution in [0.25, 0.3) is 22.5 Å².